The highest BCUT2D eigenvalue weighted by molar-refractivity contribution is 7.89. The molecule has 0 radical (unpaired) electrons. The van der Waals surface area contributed by atoms with E-state index in [9.17, 15) is 8.42 Å². The zero-order valence-electron chi connectivity index (χ0n) is 12.0. The van der Waals surface area contributed by atoms with Gasteiger partial charge in [-0.1, -0.05) is 20.8 Å². The van der Waals surface area contributed by atoms with Crippen molar-refractivity contribution < 1.29 is 8.42 Å². The summed E-state index contributed by atoms with van der Waals surface area (Å²) in [6.45, 7) is 11.4. The summed E-state index contributed by atoms with van der Waals surface area (Å²) in [4.78, 5) is 2.29. The van der Waals surface area contributed by atoms with Gasteiger partial charge in [0.15, 0.2) is 0 Å². The lowest BCUT2D eigenvalue weighted by Crippen LogP contribution is -2.32. The summed E-state index contributed by atoms with van der Waals surface area (Å²) in [5.41, 5.74) is 0. The molecule has 0 atom stereocenters. The van der Waals surface area contributed by atoms with Crippen molar-refractivity contribution in [3.05, 3.63) is 0 Å². The van der Waals surface area contributed by atoms with Crippen molar-refractivity contribution in [2.24, 2.45) is 0 Å². The summed E-state index contributed by atoms with van der Waals surface area (Å²) in [6.07, 6.45) is 1.54. The maximum atomic E-state index is 11.6. The Balaban J connectivity index is 3.64. The standard InChI is InChI=1S/C12H29N3O2S/c1-4-13-9-8-12-18(16,17)14-10-7-11-15(5-2)6-3/h13-14H,4-12H2,1-3H3. The van der Waals surface area contributed by atoms with Gasteiger partial charge in [-0.25, -0.2) is 13.1 Å². The normalized spacial score (nSPS) is 12.2. The number of sulfonamides is 1. The predicted octanol–water partition coefficient (Wildman–Crippen LogP) is 0.637. The number of hydrogen-bond acceptors (Lipinski definition) is 4. The van der Waals surface area contributed by atoms with Gasteiger partial charge in [0.05, 0.1) is 5.75 Å². The Morgan fingerprint density at radius 3 is 2.22 bits per heavy atom. The number of nitrogens with one attached hydrogen (secondary N) is 2. The molecular formula is C12H29N3O2S. The summed E-state index contributed by atoms with van der Waals surface area (Å²) in [5.74, 6) is 0.214. The third kappa shape index (κ3) is 9.82. The molecule has 18 heavy (non-hydrogen) atoms. The molecule has 0 aromatic carbocycles. The summed E-state index contributed by atoms with van der Waals surface area (Å²) in [6, 6.07) is 0. The Morgan fingerprint density at radius 2 is 1.67 bits per heavy atom. The smallest absolute Gasteiger partial charge is 0.211 e. The van der Waals surface area contributed by atoms with Gasteiger partial charge in [0, 0.05) is 6.54 Å². The van der Waals surface area contributed by atoms with Crippen LogP contribution in [0.5, 0.6) is 0 Å². The molecule has 0 fully saturated rings. The van der Waals surface area contributed by atoms with E-state index in [1.807, 2.05) is 6.92 Å². The maximum absolute atomic E-state index is 11.6. The van der Waals surface area contributed by atoms with Crippen molar-refractivity contribution in [3.8, 4) is 0 Å². The second-order valence-corrected chi connectivity index (χ2v) is 6.23. The molecule has 0 aliphatic carbocycles. The van der Waals surface area contributed by atoms with E-state index in [4.69, 9.17) is 0 Å². The lowest BCUT2D eigenvalue weighted by atomic mass is 10.4. The van der Waals surface area contributed by atoms with E-state index >= 15 is 0 Å². The van der Waals surface area contributed by atoms with Gasteiger partial charge in [-0.15, -0.1) is 0 Å². The average molecular weight is 279 g/mol. The van der Waals surface area contributed by atoms with Gasteiger partial charge in [-0.2, -0.15) is 0 Å². The van der Waals surface area contributed by atoms with Gasteiger partial charge in [0.2, 0.25) is 10.0 Å². The number of nitrogens with zero attached hydrogens (tertiary/aromatic N) is 1. The minimum absolute atomic E-state index is 0.214. The van der Waals surface area contributed by atoms with Crippen molar-refractivity contribution in [1.82, 2.24) is 14.9 Å². The first-order valence-electron chi connectivity index (χ1n) is 6.96. The van der Waals surface area contributed by atoms with Crippen molar-refractivity contribution in [2.45, 2.75) is 33.6 Å². The van der Waals surface area contributed by atoms with Gasteiger partial charge in [-0.05, 0) is 45.6 Å². The van der Waals surface area contributed by atoms with Crippen LogP contribution in [-0.2, 0) is 10.0 Å². The van der Waals surface area contributed by atoms with E-state index < -0.39 is 10.0 Å². The van der Waals surface area contributed by atoms with Gasteiger partial charge in [0.25, 0.3) is 0 Å². The van der Waals surface area contributed by atoms with E-state index in [-0.39, 0.29) is 5.75 Å². The zero-order valence-corrected chi connectivity index (χ0v) is 12.9. The average Bonchev–Trinajstić information content (AvgIpc) is 2.35. The third-order valence-electron chi connectivity index (χ3n) is 2.88. The molecule has 0 bridgehead atoms. The van der Waals surface area contributed by atoms with Gasteiger partial charge in [-0.3, -0.25) is 0 Å². The van der Waals surface area contributed by atoms with Crippen LogP contribution in [0.4, 0.5) is 0 Å². The lowest BCUT2D eigenvalue weighted by molar-refractivity contribution is 0.300. The monoisotopic (exact) mass is 279 g/mol. The molecule has 0 saturated heterocycles. The van der Waals surface area contributed by atoms with E-state index in [1.165, 1.54) is 0 Å². The van der Waals surface area contributed by atoms with Crippen LogP contribution in [0, 0.1) is 0 Å². The first-order valence-corrected chi connectivity index (χ1v) is 8.61. The Kier molecular flexibility index (Phi) is 10.6. The zero-order chi connectivity index (χ0) is 13.9. The van der Waals surface area contributed by atoms with Crippen LogP contribution in [-0.4, -0.2) is 58.3 Å². The molecule has 0 aromatic rings. The van der Waals surface area contributed by atoms with Gasteiger partial charge in [0.1, 0.15) is 0 Å². The molecule has 0 rings (SSSR count). The summed E-state index contributed by atoms with van der Waals surface area (Å²) in [5, 5.41) is 3.12. The van der Waals surface area contributed by atoms with Crippen molar-refractivity contribution >= 4 is 10.0 Å². The summed E-state index contributed by atoms with van der Waals surface area (Å²) in [7, 11) is -3.08. The highest BCUT2D eigenvalue weighted by Gasteiger charge is 2.08. The van der Waals surface area contributed by atoms with Crippen LogP contribution in [0.3, 0.4) is 0 Å². The van der Waals surface area contributed by atoms with Crippen LogP contribution in [0.2, 0.25) is 0 Å². The summed E-state index contributed by atoms with van der Waals surface area (Å²) < 4.78 is 25.9. The highest BCUT2D eigenvalue weighted by atomic mass is 32.2. The first kappa shape index (κ1) is 17.8. The molecule has 0 aliphatic heterocycles. The second-order valence-electron chi connectivity index (χ2n) is 4.30. The molecule has 0 amide bonds. The van der Waals surface area contributed by atoms with Crippen LogP contribution in [0.1, 0.15) is 33.6 Å². The van der Waals surface area contributed by atoms with Crippen LogP contribution < -0.4 is 10.0 Å². The molecule has 0 saturated carbocycles. The first-order chi connectivity index (χ1) is 8.55. The largest absolute Gasteiger partial charge is 0.317 e. The fraction of sp³-hybridized carbons (Fsp3) is 1.00. The third-order valence-corrected chi connectivity index (χ3v) is 4.35. The van der Waals surface area contributed by atoms with E-state index in [2.05, 4.69) is 28.8 Å². The molecule has 0 aromatic heterocycles. The quantitative estimate of drug-likeness (QED) is 0.515. The Bertz CT molecular complexity index is 277. The fourth-order valence-electron chi connectivity index (χ4n) is 1.71. The minimum atomic E-state index is -3.08. The van der Waals surface area contributed by atoms with Crippen molar-refractivity contribution in [2.75, 3.05) is 45.0 Å². The molecule has 0 heterocycles. The minimum Gasteiger partial charge on any atom is -0.317 e. The van der Waals surface area contributed by atoms with Crippen molar-refractivity contribution in [3.63, 3.8) is 0 Å². The Hall–Kier alpha value is -0.170. The van der Waals surface area contributed by atoms with Crippen LogP contribution in [0.25, 0.3) is 0 Å². The molecule has 2 N–H and O–H groups in total. The van der Waals surface area contributed by atoms with E-state index in [0.29, 0.717) is 13.0 Å². The van der Waals surface area contributed by atoms with E-state index in [0.717, 1.165) is 39.1 Å². The molecule has 0 spiro atoms. The molecule has 5 nitrogen and oxygen atoms in total. The molecule has 0 unspecified atom stereocenters. The van der Waals surface area contributed by atoms with Crippen LogP contribution >= 0.6 is 0 Å². The van der Waals surface area contributed by atoms with Gasteiger partial charge >= 0.3 is 0 Å². The van der Waals surface area contributed by atoms with Gasteiger partial charge < -0.3 is 10.2 Å². The highest BCUT2D eigenvalue weighted by Crippen LogP contribution is 1.92. The maximum Gasteiger partial charge on any atom is 0.211 e. The van der Waals surface area contributed by atoms with E-state index in [1.54, 1.807) is 0 Å². The predicted molar refractivity (Wildman–Crippen MR) is 77.4 cm³/mol. The Morgan fingerprint density at radius 1 is 1.00 bits per heavy atom. The number of rotatable bonds is 12. The number of hydrogen-bond donors (Lipinski definition) is 2. The topological polar surface area (TPSA) is 61.4 Å². The molecular weight excluding hydrogens is 250 g/mol. The fourth-order valence-corrected chi connectivity index (χ4v) is 2.83. The van der Waals surface area contributed by atoms with Crippen molar-refractivity contribution in [1.29, 1.82) is 0 Å². The Labute approximate surface area is 112 Å². The summed E-state index contributed by atoms with van der Waals surface area (Å²) >= 11 is 0. The SMILES string of the molecule is CCNCCCS(=O)(=O)NCCCN(CC)CC. The van der Waals surface area contributed by atoms with Crippen LogP contribution in [0.15, 0.2) is 0 Å². The lowest BCUT2D eigenvalue weighted by Gasteiger charge is -2.17. The molecule has 110 valence electrons. The molecule has 0 aliphatic rings. The second kappa shape index (κ2) is 10.7. The molecule has 6 heteroatoms.